The van der Waals surface area contributed by atoms with Crippen molar-refractivity contribution in [1.82, 2.24) is 5.32 Å². The van der Waals surface area contributed by atoms with Gasteiger partial charge in [0.1, 0.15) is 10.8 Å². The van der Waals surface area contributed by atoms with Gasteiger partial charge >= 0.3 is 0 Å². The van der Waals surface area contributed by atoms with Crippen LogP contribution < -0.4 is 21.1 Å². The van der Waals surface area contributed by atoms with Crippen LogP contribution in [0.3, 0.4) is 0 Å². The molecule has 6 nitrogen and oxygen atoms in total. The average molecular weight is 454 g/mol. The quantitative estimate of drug-likeness (QED) is 0.465. The van der Waals surface area contributed by atoms with Crippen molar-refractivity contribution in [2.24, 2.45) is 5.73 Å². The molecule has 0 saturated carbocycles. The zero-order valence-corrected chi connectivity index (χ0v) is 18.9. The number of rotatable bonds is 7. The molecule has 2 aromatic carbocycles. The Morgan fingerprint density at radius 3 is 2.55 bits per heavy atom. The topological polar surface area (TPSA) is 93.4 Å². The van der Waals surface area contributed by atoms with Crippen molar-refractivity contribution in [1.29, 1.82) is 0 Å². The highest BCUT2D eigenvalue weighted by Gasteiger charge is 2.21. The Kier molecular flexibility index (Phi) is 7.38. The minimum Gasteiger partial charge on any atom is -0.494 e. The van der Waals surface area contributed by atoms with E-state index >= 15 is 0 Å². The number of anilines is 1. The molecule has 1 aromatic heterocycles. The van der Waals surface area contributed by atoms with Gasteiger partial charge in [-0.1, -0.05) is 36.4 Å². The zero-order chi connectivity index (χ0) is 22.4. The number of hydrogen-bond donors (Lipinski definition) is 3. The predicted molar refractivity (Wildman–Crippen MR) is 128 cm³/mol. The lowest BCUT2D eigenvalue weighted by Gasteiger charge is -2.10. The van der Waals surface area contributed by atoms with Crippen molar-refractivity contribution in [3.8, 4) is 5.75 Å². The summed E-state index contributed by atoms with van der Waals surface area (Å²) in [5.74, 6) is -0.323. The van der Waals surface area contributed by atoms with Crippen LogP contribution in [-0.4, -0.2) is 23.5 Å². The Labute approximate surface area is 190 Å². The largest absolute Gasteiger partial charge is 0.494 e. The van der Waals surface area contributed by atoms with Gasteiger partial charge in [0.2, 0.25) is 0 Å². The van der Waals surface area contributed by atoms with Gasteiger partial charge in [0.15, 0.2) is 5.11 Å². The molecule has 31 heavy (non-hydrogen) atoms. The highest BCUT2D eigenvalue weighted by Crippen LogP contribution is 2.34. The average Bonchev–Trinajstić information content (AvgIpc) is 3.03. The van der Waals surface area contributed by atoms with Crippen LogP contribution in [0.4, 0.5) is 5.00 Å². The highest BCUT2D eigenvalue weighted by molar-refractivity contribution is 7.80. The molecule has 2 amide bonds. The monoisotopic (exact) mass is 453 g/mol. The smallest absolute Gasteiger partial charge is 0.257 e. The summed E-state index contributed by atoms with van der Waals surface area (Å²) >= 11 is 6.70. The number of carbonyl (C=O) groups excluding carboxylic acids is 2. The first-order valence-electron chi connectivity index (χ1n) is 9.70. The fraction of sp³-hybridized carbons (Fsp3) is 0.174. The highest BCUT2D eigenvalue weighted by atomic mass is 32.1. The Balaban J connectivity index is 1.76. The molecule has 4 N–H and O–H groups in total. The summed E-state index contributed by atoms with van der Waals surface area (Å²) in [5, 5.41) is 6.21. The van der Waals surface area contributed by atoms with E-state index in [1.165, 1.54) is 11.3 Å². The number of ether oxygens (including phenoxy) is 1. The van der Waals surface area contributed by atoms with Crippen molar-refractivity contribution >= 4 is 45.5 Å². The van der Waals surface area contributed by atoms with Crippen LogP contribution in [0, 0.1) is 6.92 Å². The van der Waals surface area contributed by atoms with Crippen molar-refractivity contribution in [3.63, 3.8) is 0 Å². The normalized spacial score (nSPS) is 10.4. The Hall–Kier alpha value is -3.23. The van der Waals surface area contributed by atoms with Gasteiger partial charge in [0.05, 0.1) is 12.2 Å². The molecule has 0 spiro atoms. The summed E-state index contributed by atoms with van der Waals surface area (Å²) in [7, 11) is 0. The van der Waals surface area contributed by atoms with E-state index < -0.39 is 5.91 Å². The SMILES string of the molecule is CCOc1cccc(C(=O)NC(=S)Nc2sc(Cc3ccccc3)c(C)c2C(N)=O)c1. The summed E-state index contributed by atoms with van der Waals surface area (Å²) in [6, 6.07) is 16.8. The summed E-state index contributed by atoms with van der Waals surface area (Å²) in [4.78, 5) is 25.6. The third kappa shape index (κ3) is 5.68. The van der Waals surface area contributed by atoms with E-state index in [4.69, 9.17) is 22.7 Å². The van der Waals surface area contributed by atoms with Gasteiger partial charge in [0, 0.05) is 16.9 Å². The maximum atomic E-state index is 12.6. The number of hydrogen-bond acceptors (Lipinski definition) is 5. The number of thiophene rings is 1. The van der Waals surface area contributed by atoms with E-state index in [0.29, 0.717) is 34.9 Å². The fourth-order valence-corrected chi connectivity index (χ4v) is 4.61. The van der Waals surface area contributed by atoms with Gasteiger partial charge in [-0.15, -0.1) is 11.3 Å². The fourth-order valence-electron chi connectivity index (χ4n) is 3.10. The number of nitrogens with one attached hydrogen (secondary N) is 2. The van der Waals surface area contributed by atoms with Gasteiger partial charge in [-0.3, -0.25) is 14.9 Å². The van der Waals surface area contributed by atoms with Crippen LogP contribution in [0.2, 0.25) is 0 Å². The Bertz CT molecular complexity index is 1110. The molecule has 1 heterocycles. The second-order valence-corrected chi connectivity index (χ2v) is 8.26. The van der Waals surface area contributed by atoms with Crippen LogP contribution in [0.5, 0.6) is 5.75 Å². The molecule has 0 saturated heterocycles. The van der Waals surface area contributed by atoms with E-state index in [1.807, 2.05) is 44.2 Å². The summed E-state index contributed by atoms with van der Waals surface area (Å²) < 4.78 is 5.43. The van der Waals surface area contributed by atoms with E-state index in [1.54, 1.807) is 24.3 Å². The van der Waals surface area contributed by atoms with Crippen LogP contribution >= 0.6 is 23.6 Å². The minimum atomic E-state index is -0.547. The third-order valence-electron chi connectivity index (χ3n) is 4.56. The lowest BCUT2D eigenvalue weighted by Crippen LogP contribution is -2.34. The molecule has 0 fully saturated rings. The molecule has 0 aliphatic rings. The molecule has 0 bridgehead atoms. The molecule has 0 aliphatic carbocycles. The number of carbonyl (C=O) groups is 2. The molecule has 0 radical (unpaired) electrons. The first kappa shape index (κ1) is 22.5. The van der Waals surface area contributed by atoms with Crippen molar-refractivity contribution in [3.05, 3.63) is 81.7 Å². The summed E-state index contributed by atoms with van der Waals surface area (Å²) in [6.45, 7) is 4.24. The zero-order valence-electron chi connectivity index (χ0n) is 17.2. The van der Waals surface area contributed by atoms with E-state index in [9.17, 15) is 9.59 Å². The van der Waals surface area contributed by atoms with E-state index in [-0.39, 0.29) is 11.0 Å². The standard InChI is InChI=1S/C23H23N3O3S2/c1-3-29-17-11-7-10-16(13-17)21(28)25-23(30)26-22-19(20(24)27)14(2)18(31-22)12-15-8-5-4-6-9-15/h4-11,13H,3,12H2,1-2H3,(H2,24,27)(H2,25,26,28,30). The van der Waals surface area contributed by atoms with Gasteiger partial charge in [-0.2, -0.15) is 0 Å². The number of nitrogens with two attached hydrogens (primary N) is 1. The van der Waals surface area contributed by atoms with Crippen molar-refractivity contribution < 1.29 is 14.3 Å². The molecule has 3 aromatic rings. The molecule has 160 valence electrons. The Morgan fingerprint density at radius 1 is 1.13 bits per heavy atom. The van der Waals surface area contributed by atoms with E-state index in [0.717, 1.165) is 16.0 Å². The van der Waals surface area contributed by atoms with Crippen LogP contribution in [0.1, 0.15) is 43.6 Å². The minimum absolute atomic E-state index is 0.0850. The lowest BCUT2D eigenvalue weighted by molar-refractivity contribution is 0.0975. The van der Waals surface area contributed by atoms with Gasteiger partial charge < -0.3 is 15.8 Å². The predicted octanol–water partition coefficient (Wildman–Crippen LogP) is 4.27. The number of thiocarbonyl (C=S) groups is 1. The van der Waals surface area contributed by atoms with Gasteiger partial charge in [-0.05, 0) is 55.4 Å². The second kappa shape index (κ2) is 10.2. The van der Waals surface area contributed by atoms with Gasteiger partial charge in [-0.25, -0.2) is 0 Å². The lowest BCUT2D eigenvalue weighted by atomic mass is 10.1. The van der Waals surface area contributed by atoms with Crippen molar-refractivity contribution in [2.75, 3.05) is 11.9 Å². The first-order valence-corrected chi connectivity index (χ1v) is 10.9. The summed E-state index contributed by atoms with van der Waals surface area (Å²) in [5.41, 5.74) is 8.35. The molecule has 8 heteroatoms. The van der Waals surface area contributed by atoms with Crippen LogP contribution in [-0.2, 0) is 6.42 Å². The first-order chi connectivity index (χ1) is 14.9. The molecule has 0 unspecified atom stereocenters. The van der Waals surface area contributed by atoms with Crippen LogP contribution in [0.25, 0.3) is 0 Å². The number of benzene rings is 2. The number of primary amides is 1. The van der Waals surface area contributed by atoms with Gasteiger partial charge in [0.25, 0.3) is 11.8 Å². The Morgan fingerprint density at radius 2 is 1.87 bits per heavy atom. The second-order valence-electron chi connectivity index (χ2n) is 6.75. The molecule has 3 rings (SSSR count). The van der Waals surface area contributed by atoms with E-state index in [2.05, 4.69) is 10.6 Å². The third-order valence-corrected chi connectivity index (χ3v) is 5.97. The van der Waals surface area contributed by atoms with Crippen LogP contribution in [0.15, 0.2) is 54.6 Å². The molecule has 0 aliphatic heterocycles. The number of amides is 2. The van der Waals surface area contributed by atoms with Crippen molar-refractivity contribution in [2.45, 2.75) is 20.3 Å². The maximum absolute atomic E-state index is 12.6. The molecule has 0 atom stereocenters. The molecular formula is C23H23N3O3S2. The molecular weight excluding hydrogens is 430 g/mol. The maximum Gasteiger partial charge on any atom is 0.257 e. The summed E-state index contributed by atoms with van der Waals surface area (Å²) in [6.07, 6.45) is 0.669.